The summed E-state index contributed by atoms with van der Waals surface area (Å²) in [5.41, 5.74) is 8.24. The maximum Gasteiger partial charge on any atom is 0.124 e. The van der Waals surface area contributed by atoms with Crippen LogP contribution in [0, 0.1) is 0 Å². The van der Waals surface area contributed by atoms with Gasteiger partial charge in [-0.3, -0.25) is 0 Å². The van der Waals surface area contributed by atoms with Gasteiger partial charge in [-0.05, 0) is 33.2 Å². The van der Waals surface area contributed by atoms with Gasteiger partial charge in [-0.25, -0.2) is 0 Å². The molecule has 118 valence electrons. The number of fused-ring (bicyclic) bond motifs is 1. The second kappa shape index (κ2) is 7.11. The molecule has 0 amide bonds. The number of ether oxygens (including phenoxy) is 2. The summed E-state index contributed by atoms with van der Waals surface area (Å²) < 4.78 is 11.4. The molecule has 0 fully saturated rings. The molecule has 0 bridgehead atoms. The molecular weight excluding hydrogens is 266 g/mol. The molecule has 0 saturated carbocycles. The molecule has 0 saturated heterocycles. The molecule has 21 heavy (non-hydrogen) atoms. The molecule has 5 nitrogen and oxygen atoms in total. The lowest BCUT2D eigenvalue weighted by molar-refractivity contribution is 0.254. The standard InChI is InChI=1S/C16H27N3O2/c1-11-7-12-8-16(20-4)13(9-15(12)21-11)14(10-17)18-5-6-19(2)3/h8-9,11,14,18H,5-7,10,17H2,1-4H3. The van der Waals surface area contributed by atoms with E-state index in [1.807, 2.05) is 0 Å². The van der Waals surface area contributed by atoms with Gasteiger partial charge in [0.25, 0.3) is 0 Å². The SMILES string of the molecule is COc1cc2c(cc1C(CN)NCCN(C)C)OC(C)C2. The van der Waals surface area contributed by atoms with Gasteiger partial charge in [0.15, 0.2) is 0 Å². The Balaban J connectivity index is 2.18. The topological polar surface area (TPSA) is 59.8 Å². The van der Waals surface area contributed by atoms with Crippen LogP contribution in [0.15, 0.2) is 12.1 Å². The van der Waals surface area contributed by atoms with E-state index in [4.69, 9.17) is 15.2 Å². The van der Waals surface area contributed by atoms with Crippen LogP contribution in [0.3, 0.4) is 0 Å². The molecule has 1 aromatic rings. The number of hydrogen-bond donors (Lipinski definition) is 2. The predicted octanol–water partition coefficient (Wildman–Crippen LogP) is 1.17. The first-order valence-corrected chi connectivity index (χ1v) is 7.50. The first-order chi connectivity index (χ1) is 10.0. The maximum absolute atomic E-state index is 5.95. The average Bonchev–Trinajstić information content (AvgIpc) is 2.81. The summed E-state index contributed by atoms with van der Waals surface area (Å²) >= 11 is 0. The molecule has 1 aliphatic rings. The molecule has 3 N–H and O–H groups in total. The van der Waals surface area contributed by atoms with Crippen LogP contribution < -0.4 is 20.5 Å². The maximum atomic E-state index is 5.95. The second-order valence-corrected chi connectivity index (χ2v) is 5.88. The molecule has 1 aliphatic heterocycles. The predicted molar refractivity (Wildman–Crippen MR) is 85.1 cm³/mol. The number of nitrogens with zero attached hydrogens (tertiary/aromatic N) is 1. The van der Waals surface area contributed by atoms with Gasteiger partial charge in [-0.1, -0.05) is 0 Å². The van der Waals surface area contributed by atoms with Gasteiger partial charge < -0.3 is 25.4 Å². The number of benzene rings is 1. The molecule has 0 aromatic heterocycles. The van der Waals surface area contributed by atoms with Crippen molar-refractivity contribution >= 4 is 0 Å². The zero-order valence-corrected chi connectivity index (χ0v) is 13.5. The van der Waals surface area contributed by atoms with Crippen molar-refractivity contribution in [2.75, 3.05) is 40.8 Å². The highest BCUT2D eigenvalue weighted by atomic mass is 16.5. The Morgan fingerprint density at radius 1 is 1.48 bits per heavy atom. The zero-order chi connectivity index (χ0) is 15.4. The summed E-state index contributed by atoms with van der Waals surface area (Å²) in [6.07, 6.45) is 1.17. The van der Waals surface area contributed by atoms with Crippen LogP contribution in [0.5, 0.6) is 11.5 Å². The lowest BCUT2D eigenvalue weighted by Crippen LogP contribution is -2.33. The third kappa shape index (κ3) is 3.87. The van der Waals surface area contributed by atoms with Crippen molar-refractivity contribution in [2.45, 2.75) is 25.5 Å². The molecule has 2 unspecified atom stereocenters. The second-order valence-electron chi connectivity index (χ2n) is 5.88. The fourth-order valence-electron chi connectivity index (χ4n) is 2.69. The minimum Gasteiger partial charge on any atom is -0.496 e. The molecule has 1 aromatic carbocycles. The van der Waals surface area contributed by atoms with Crippen molar-refractivity contribution in [3.63, 3.8) is 0 Å². The Kier molecular flexibility index (Phi) is 5.45. The first-order valence-electron chi connectivity index (χ1n) is 7.50. The highest BCUT2D eigenvalue weighted by Gasteiger charge is 2.24. The van der Waals surface area contributed by atoms with Crippen LogP contribution in [0.4, 0.5) is 0 Å². The highest BCUT2D eigenvalue weighted by molar-refractivity contribution is 5.50. The van der Waals surface area contributed by atoms with Crippen LogP contribution in [-0.4, -0.2) is 51.8 Å². The normalized spacial score (nSPS) is 18.5. The minimum atomic E-state index is 0.0738. The summed E-state index contributed by atoms with van der Waals surface area (Å²) in [7, 11) is 5.83. The van der Waals surface area contributed by atoms with E-state index in [0.29, 0.717) is 6.54 Å². The van der Waals surface area contributed by atoms with E-state index in [1.165, 1.54) is 5.56 Å². The Morgan fingerprint density at radius 3 is 2.86 bits per heavy atom. The molecule has 5 heteroatoms. The van der Waals surface area contributed by atoms with Gasteiger partial charge in [0.1, 0.15) is 17.6 Å². The Morgan fingerprint density at radius 2 is 2.24 bits per heavy atom. The molecule has 0 spiro atoms. The van der Waals surface area contributed by atoms with Crippen LogP contribution in [0.2, 0.25) is 0 Å². The van der Waals surface area contributed by atoms with Crippen molar-refractivity contribution in [3.8, 4) is 11.5 Å². The monoisotopic (exact) mass is 293 g/mol. The molecule has 0 aliphatic carbocycles. The fourth-order valence-corrected chi connectivity index (χ4v) is 2.69. The number of methoxy groups -OCH3 is 1. The third-order valence-electron chi connectivity index (χ3n) is 3.81. The number of likely N-dealkylation sites (N-methyl/N-ethyl adjacent to an activating group) is 1. The van der Waals surface area contributed by atoms with Gasteiger partial charge in [0.2, 0.25) is 0 Å². The highest BCUT2D eigenvalue weighted by Crippen LogP contribution is 2.37. The van der Waals surface area contributed by atoms with Crippen LogP contribution >= 0.6 is 0 Å². The Labute approximate surface area is 127 Å². The summed E-state index contributed by atoms with van der Waals surface area (Å²) in [5.74, 6) is 1.85. The smallest absolute Gasteiger partial charge is 0.124 e. The number of nitrogens with two attached hydrogens (primary N) is 1. The molecule has 2 atom stereocenters. The summed E-state index contributed by atoms with van der Waals surface area (Å²) in [6, 6.07) is 4.24. The van der Waals surface area contributed by atoms with Crippen molar-refractivity contribution in [3.05, 3.63) is 23.3 Å². The van der Waals surface area contributed by atoms with Gasteiger partial charge in [-0.2, -0.15) is 0 Å². The largest absolute Gasteiger partial charge is 0.496 e. The van der Waals surface area contributed by atoms with E-state index < -0.39 is 0 Å². The van der Waals surface area contributed by atoms with Crippen LogP contribution in [-0.2, 0) is 6.42 Å². The Hall–Kier alpha value is -1.30. The summed E-state index contributed by atoms with van der Waals surface area (Å²) in [4.78, 5) is 2.14. The Bertz CT molecular complexity index is 477. The summed E-state index contributed by atoms with van der Waals surface area (Å²) in [5, 5.41) is 3.49. The van der Waals surface area contributed by atoms with Crippen molar-refractivity contribution < 1.29 is 9.47 Å². The van der Waals surface area contributed by atoms with E-state index >= 15 is 0 Å². The van der Waals surface area contributed by atoms with E-state index in [-0.39, 0.29) is 12.1 Å². The van der Waals surface area contributed by atoms with E-state index in [0.717, 1.165) is 36.6 Å². The number of rotatable bonds is 7. The first kappa shape index (κ1) is 16.1. The van der Waals surface area contributed by atoms with E-state index in [1.54, 1.807) is 7.11 Å². The van der Waals surface area contributed by atoms with Crippen LogP contribution in [0.1, 0.15) is 24.1 Å². The number of hydrogen-bond acceptors (Lipinski definition) is 5. The van der Waals surface area contributed by atoms with E-state index in [9.17, 15) is 0 Å². The lowest BCUT2D eigenvalue weighted by Gasteiger charge is -2.22. The van der Waals surface area contributed by atoms with Crippen LogP contribution in [0.25, 0.3) is 0 Å². The van der Waals surface area contributed by atoms with Gasteiger partial charge in [-0.15, -0.1) is 0 Å². The quantitative estimate of drug-likeness (QED) is 0.790. The molecule has 2 rings (SSSR count). The zero-order valence-electron chi connectivity index (χ0n) is 13.5. The fraction of sp³-hybridized carbons (Fsp3) is 0.625. The van der Waals surface area contributed by atoms with E-state index in [2.05, 4.69) is 43.4 Å². The molecule has 1 heterocycles. The van der Waals surface area contributed by atoms with Gasteiger partial charge >= 0.3 is 0 Å². The average molecular weight is 293 g/mol. The summed E-state index contributed by atoms with van der Waals surface area (Å²) in [6.45, 7) is 4.46. The third-order valence-corrected chi connectivity index (χ3v) is 3.81. The van der Waals surface area contributed by atoms with Gasteiger partial charge in [0.05, 0.1) is 7.11 Å². The van der Waals surface area contributed by atoms with Crippen molar-refractivity contribution in [1.82, 2.24) is 10.2 Å². The van der Waals surface area contributed by atoms with Crippen molar-refractivity contribution in [2.24, 2.45) is 5.73 Å². The molecular formula is C16H27N3O2. The molecule has 0 radical (unpaired) electrons. The van der Waals surface area contributed by atoms with Gasteiger partial charge in [0, 0.05) is 43.2 Å². The number of nitrogens with one attached hydrogen (secondary N) is 1. The van der Waals surface area contributed by atoms with Crippen molar-refractivity contribution in [1.29, 1.82) is 0 Å². The minimum absolute atomic E-state index is 0.0738. The lowest BCUT2D eigenvalue weighted by atomic mass is 10.0.